The van der Waals surface area contributed by atoms with Gasteiger partial charge in [0.25, 0.3) is 5.91 Å². The van der Waals surface area contributed by atoms with Crippen molar-refractivity contribution in [3.8, 4) is 11.1 Å². The zero-order valence-corrected chi connectivity index (χ0v) is 20.4. The van der Waals surface area contributed by atoms with Crippen LogP contribution in [-0.4, -0.2) is 71.6 Å². The van der Waals surface area contributed by atoms with E-state index in [9.17, 15) is 9.18 Å². The SMILES string of the molecule is C[C@@H]1COCCN1c1cc(-c2ccc(N3CC4CCC(O4)C3=O)cc2)c(C(=N)F)c(Nc2ccn[nH]2)n1. The smallest absolute Gasteiger partial charge is 0.256 e. The van der Waals surface area contributed by atoms with E-state index in [2.05, 4.69) is 27.3 Å². The lowest BCUT2D eigenvalue weighted by Crippen LogP contribution is -2.47. The molecule has 0 aliphatic carbocycles. The highest BCUT2D eigenvalue weighted by atomic mass is 19.1. The second-order valence-corrected chi connectivity index (χ2v) is 9.60. The summed E-state index contributed by atoms with van der Waals surface area (Å²) in [5, 5.41) is 17.8. The Morgan fingerprint density at radius 1 is 1.24 bits per heavy atom. The van der Waals surface area contributed by atoms with Gasteiger partial charge in [-0.2, -0.15) is 9.49 Å². The van der Waals surface area contributed by atoms with E-state index in [4.69, 9.17) is 19.9 Å². The van der Waals surface area contributed by atoms with E-state index in [0.717, 1.165) is 18.5 Å². The number of hydrogen-bond donors (Lipinski definition) is 3. The molecule has 0 spiro atoms. The fraction of sp³-hybridized carbons (Fsp3) is 0.385. The Bertz CT molecular complexity index is 1310. The molecule has 11 heteroatoms. The molecule has 1 amide bonds. The first-order valence-electron chi connectivity index (χ1n) is 12.5. The topological polar surface area (TPSA) is 119 Å². The lowest BCUT2D eigenvalue weighted by Gasteiger charge is -2.35. The molecule has 2 bridgehead atoms. The first-order chi connectivity index (χ1) is 18.0. The van der Waals surface area contributed by atoms with E-state index < -0.39 is 5.97 Å². The molecule has 3 atom stereocenters. The van der Waals surface area contributed by atoms with E-state index >= 15 is 0 Å². The molecule has 2 unspecified atom stereocenters. The van der Waals surface area contributed by atoms with Crippen molar-refractivity contribution in [2.24, 2.45) is 0 Å². The molecule has 0 saturated carbocycles. The van der Waals surface area contributed by atoms with Crippen molar-refractivity contribution >= 4 is 35.0 Å². The van der Waals surface area contributed by atoms with Crippen molar-refractivity contribution in [2.75, 3.05) is 41.4 Å². The predicted octanol–water partition coefficient (Wildman–Crippen LogP) is 3.63. The van der Waals surface area contributed by atoms with Gasteiger partial charge in [-0.05, 0) is 43.5 Å². The Labute approximate surface area is 213 Å². The van der Waals surface area contributed by atoms with Crippen LogP contribution in [0.4, 0.5) is 27.5 Å². The maximum Gasteiger partial charge on any atom is 0.256 e. The molecule has 3 aromatic rings. The number of fused-ring (bicyclic) bond motifs is 2. The summed E-state index contributed by atoms with van der Waals surface area (Å²) >= 11 is 0. The van der Waals surface area contributed by atoms with Gasteiger partial charge in [0.15, 0.2) is 0 Å². The first-order valence-corrected chi connectivity index (χ1v) is 12.5. The van der Waals surface area contributed by atoms with Gasteiger partial charge in [0.1, 0.15) is 23.6 Å². The molecule has 3 N–H and O–H groups in total. The van der Waals surface area contributed by atoms with Crippen LogP contribution in [0.3, 0.4) is 0 Å². The van der Waals surface area contributed by atoms with Gasteiger partial charge >= 0.3 is 0 Å². The van der Waals surface area contributed by atoms with Crippen LogP contribution in [0.1, 0.15) is 25.3 Å². The van der Waals surface area contributed by atoms with Crippen molar-refractivity contribution in [3.63, 3.8) is 0 Å². The summed E-state index contributed by atoms with van der Waals surface area (Å²) in [5.74, 6) is 0.277. The molecule has 3 aliphatic heterocycles. The van der Waals surface area contributed by atoms with E-state index in [-0.39, 0.29) is 35.5 Å². The molecule has 2 aromatic heterocycles. The Hall–Kier alpha value is -3.83. The average Bonchev–Trinajstić information content (AvgIpc) is 3.56. The molecule has 3 saturated heterocycles. The van der Waals surface area contributed by atoms with Gasteiger partial charge in [0.05, 0.1) is 43.7 Å². The summed E-state index contributed by atoms with van der Waals surface area (Å²) in [4.78, 5) is 21.4. The second-order valence-electron chi connectivity index (χ2n) is 9.60. The lowest BCUT2D eigenvalue weighted by molar-refractivity contribution is -0.133. The normalized spacial score (nSPS) is 23.4. The average molecular weight is 506 g/mol. The maximum absolute atomic E-state index is 14.8. The van der Waals surface area contributed by atoms with Gasteiger partial charge in [0.2, 0.25) is 5.97 Å². The van der Waals surface area contributed by atoms with Crippen molar-refractivity contribution in [1.29, 1.82) is 5.41 Å². The monoisotopic (exact) mass is 505 g/mol. The van der Waals surface area contributed by atoms with E-state index in [1.165, 1.54) is 0 Å². The fourth-order valence-corrected chi connectivity index (χ4v) is 5.28. The number of H-pyrrole nitrogens is 1. The van der Waals surface area contributed by atoms with Gasteiger partial charge < -0.3 is 24.6 Å². The van der Waals surface area contributed by atoms with Gasteiger partial charge in [-0.15, -0.1) is 0 Å². The number of nitrogens with zero attached hydrogens (tertiary/aromatic N) is 4. The van der Waals surface area contributed by atoms with E-state index in [1.807, 2.05) is 30.3 Å². The Balaban J connectivity index is 1.41. The Kier molecular flexibility index (Phi) is 6.09. The molecule has 0 radical (unpaired) electrons. The number of hydrogen-bond acceptors (Lipinski definition) is 8. The minimum absolute atomic E-state index is 0.0220. The number of aromatic amines is 1. The third-order valence-electron chi connectivity index (χ3n) is 7.17. The van der Waals surface area contributed by atoms with Gasteiger partial charge in [-0.1, -0.05) is 12.1 Å². The zero-order valence-electron chi connectivity index (χ0n) is 20.4. The number of carbonyl (C=O) groups excluding carboxylic acids is 1. The van der Waals surface area contributed by atoms with Crippen molar-refractivity contribution in [2.45, 2.75) is 38.0 Å². The minimum Gasteiger partial charge on any atom is -0.377 e. The summed E-state index contributed by atoms with van der Waals surface area (Å²) in [6, 6.07) is 11.0. The Morgan fingerprint density at radius 3 is 2.81 bits per heavy atom. The quantitative estimate of drug-likeness (QED) is 0.438. The number of morpholine rings is 2. The standard InChI is InChI=1S/C26H28FN7O3/c1-15-14-36-11-10-33(15)22-12-19(23(24(27)28)25(31-22)30-21-8-9-29-32-21)16-2-4-17(5-3-16)34-13-18-6-7-20(37-18)26(34)35/h2-5,8-9,12,15,18,20,28H,6-7,10-11,13-14H2,1H3,(H2,29,30,31,32)/t15-,18?,20?/m1/s1. The second kappa shape index (κ2) is 9.56. The molecule has 1 aromatic carbocycles. The van der Waals surface area contributed by atoms with Crippen LogP contribution in [0.15, 0.2) is 42.6 Å². The van der Waals surface area contributed by atoms with Crippen LogP contribution < -0.4 is 15.1 Å². The number of aromatic nitrogens is 3. The summed E-state index contributed by atoms with van der Waals surface area (Å²) in [6.07, 6.45) is 2.92. The van der Waals surface area contributed by atoms with Crippen LogP contribution >= 0.6 is 0 Å². The summed E-state index contributed by atoms with van der Waals surface area (Å²) in [7, 11) is 0. The van der Waals surface area contributed by atoms with Crippen LogP contribution in [-0.2, 0) is 14.3 Å². The molecule has 3 aliphatic rings. The number of halogens is 1. The number of carbonyl (C=O) groups is 1. The van der Waals surface area contributed by atoms with Crippen LogP contribution in [0, 0.1) is 5.41 Å². The molecule has 6 rings (SSSR count). The fourth-order valence-electron chi connectivity index (χ4n) is 5.28. The van der Waals surface area contributed by atoms with Crippen molar-refractivity contribution in [3.05, 3.63) is 48.2 Å². The maximum atomic E-state index is 14.8. The minimum atomic E-state index is -1.10. The van der Waals surface area contributed by atoms with Gasteiger partial charge in [-0.25, -0.2) is 4.98 Å². The number of benzene rings is 1. The van der Waals surface area contributed by atoms with Crippen molar-refractivity contribution in [1.82, 2.24) is 15.2 Å². The molecule has 3 fully saturated rings. The number of anilines is 4. The Morgan fingerprint density at radius 2 is 2.08 bits per heavy atom. The number of rotatable bonds is 6. The summed E-state index contributed by atoms with van der Waals surface area (Å²) in [6.45, 7) is 4.35. The summed E-state index contributed by atoms with van der Waals surface area (Å²) in [5.41, 5.74) is 2.06. The van der Waals surface area contributed by atoms with Gasteiger partial charge in [0, 0.05) is 23.9 Å². The predicted molar refractivity (Wildman–Crippen MR) is 137 cm³/mol. The molecular weight excluding hydrogens is 477 g/mol. The molecule has 5 heterocycles. The highest BCUT2D eigenvalue weighted by Gasteiger charge is 2.40. The van der Waals surface area contributed by atoms with Crippen LogP contribution in [0.25, 0.3) is 11.1 Å². The first kappa shape index (κ1) is 23.6. The highest BCUT2D eigenvalue weighted by Crippen LogP contribution is 2.37. The third kappa shape index (κ3) is 4.44. The summed E-state index contributed by atoms with van der Waals surface area (Å²) < 4.78 is 26.1. The van der Waals surface area contributed by atoms with Crippen LogP contribution in [0.2, 0.25) is 0 Å². The molecular formula is C26H28FN7O3. The largest absolute Gasteiger partial charge is 0.377 e. The van der Waals surface area contributed by atoms with Crippen molar-refractivity contribution < 1.29 is 18.7 Å². The van der Waals surface area contributed by atoms with E-state index in [0.29, 0.717) is 49.1 Å². The lowest BCUT2D eigenvalue weighted by atomic mass is 9.99. The van der Waals surface area contributed by atoms with E-state index in [1.54, 1.807) is 17.2 Å². The number of amides is 1. The zero-order chi connectivity index (χ0) is 25.5. The van der Waals surface area contributed by atoms with Crippen LogP contribution in [0.5, 0.6) is 0 Å². The number of nitrogens with one attached hydrogen (secondary N) is 3. The molecule has 37 heavy (non-hydrogen) atoms. The molecule has 192 valence electrons. The van der Waals surface area contributed by atoms with Gasteiger partial charge in [-0.3, -0.25) is 15.3 Å². The third-order valence-corrected chi connectivity index (χ3v) is 7.17. The number of pyridine rings is 1. The number of ether oxygens (including phenoxy) is 2. The molecule has 10 nitrogen and oxygen atoms in total. The highest BCUT2D eigenvalue weighted by molar-refractivity contribution is 6.04.